The summed E-state index contributed by atoms with van der Waals surface area (Å²) in [5.41, 5.74) is 4.28. The SMILES string of the molecule is O=C1CCCN2C3[C@@]45CN6CCCC/C=C\CC[C@@]3(C=C(c3nccc7c3[nH]c3ccccc37)[C@@H]4CC6)O[C@@]2(CC1)C5. The second-order valence-corrected chi connectivity index (χ2v) is 14.1. The minimum absolute atomic E-state index is 0.0988. The van der Waals surface area contributed by atoms with Gasteiger partial charge in [-0.1, -0.05) is 30.4 Å². The molecule has 2 aromatic heterocycles. The van der Waals surface area contributed by atoms with Gasteiger partial charge in [0.2, 0.25) is 0 Å². The molecule has 5 bridgehead atoms. The second-order valence-electron chi connectivity index (χ2n) is 14.1. The third kappa shape index (κ3) is 3.55. The smallest absolute Gasteiger partial charge is 0.133 e. The van der Waals surface area contributed by atoms with Gasteiger partial charge in [0.1, 0.15) is 17.1 Å². The van der Waals surface area contributed by atoms with Crippen molar-refractivity contribution in [2.75, 3.05) is 26.2 Å². The summed E-state index contributed by atoms with van der Waals surface area (Å²) in [6, 6.07) is 11.2. The number of aromatic nitrogens is 2. The van der Waals surface area contributed by atoms with Crippen LogP contribution in [0.4, 0.5) is 0 Å². The number of benzene rings is 1. The number of para-hydroxylation sites is 1. The minimum Gasteiger partial charge on any atom is -0.353 e. The van der Waals surface area contributed by atoms with Gasteiger partial charge in [0.15, 0.2) is 0 Å². The molecule has 7 heterocycles. The molecule has 4 saturated heterocycles. The molecule has 0 radical (unpaired) electrons. The zero-order chi connectivity index (χ0) is 27.9. The molecule has 4 fully saturated rings. The zero-order valence-electron chi connectivity index (χ0n) is 24.6. The first-order chi connectivity index (χ1) is 20.6. The van der Waals surface area contributed by atoms with E-state index in [9.17, 15) is 4.79 Å². The molecular weight excluding hydrogens is 520 g/mol. The number of nitrogens with zero attached hydrogens (tertiary/aromatic N) is 3. The van der Waals surface area contributed by atoms with E-state index in [4.69, 9.17) is 9.72 Å². The quantitative estimate of drug-likeness (QED) is 0.338. The molecule has 9 rings (SSSR count). The predicted molar refractivity (Wildman–Crippen MR) is 166 cm³/mol. The molecule has 5 aliphatic heterocycles. The van der Waals surface area contributed by atoms with E-state index in [1.54, 1.807) is 0 Å². The van der Waals surface area contributed by atoms with Crippen molar-refractivity contribution in [1.29, 1.82) is 0 Å². The van der Waals surface area contributed by atoms with Gasteiger partial charge in [-0.2, -0.15) is 0 Å². The number of fused-ring (bicyclic) bond motifs is 4. The van der Waals surface area contributed by atoms with E-state index >= 15 is 0 Å². The van der Waals surface area contributed by atoms with Crippen molar-refractivity contribution in [2.24, 2.45) is 11.3 Å². The Bertz CT molecular complexity index is 1640. The van der Waals surface area contributed by atoms with Gasteiger partial charge in [0.05, 0.1) is 17.3 Å². The van der Waals surface area contributed by atoms with Gasteiger partial charge in [0.25, 0.3) is 0 Å². The lowest BCUT2D eigenvalue weighted by Gasteiger charge is -2.59. The maximum atomic E-state index is 12.8. The van der Waals surface area contributed by atoms with Crippen molar-refractivity contribution >= 4 is 33.2 Å². The Kier molecular flexibility index (Phi) is 5.71. The fraction of sp³-hybridized carbons (Fsp3) is 0.556. The van der Waals surface area contributed by atoms with Gasteiger partial charge in [-0.3, -0.25) is 14.7 Å². The third-order valence-electron chi connectivity index (χ3n) is 11.9. The van der Waals surface area contributed by atoms with Gasteiger partial charge in [0, 0.05) is 53.8 Å². The summed E-state index contributed by atoms with van der Waals surface area (Å²) in [5, 5.41) is 2.52. The van der Waals surface area contributed by atoms with E-state index in [2.05, 4.69) is 63.3 Å². The third-order valence-corrected chi connectivity index (χ3v) is 11.9. The molecule has 2 unspecified atom stereocenters. The molecule has 6 heteroatoms. The highest BCUT2D eigenvalue weighted by Gasteiger charge is 2.77. The van der Waals surface area contributed by atoms with E-state index in [1.165, 1.54) is 47.7 Å². The summed E-state index contributed by atoms with van der Waals surface area (Å²) in [5.74, 6) is 0.850. The zero-order valence-corrected chi connectivity index (χ0v) is 24.6. The fourth-order valence-corrected chi connectivity index (χ4v) is 10.5. The molecule has 1 spiro atoms. The van der Waals surface area contributed by atoms with Crippen LogP contribution in [-0.4, -0.2) is 69.1 Å². The molecular formula is C36H42N4O2. The highest BCUT2D eigenvalue weighted by atomic mass is 16.6. The van der Waals surface area contributed by atoms with Gasteiger partial charge in [-0.05, 0) is 101 Å². The van der Waals surface area contributed by atoms with Crippen molar-refractivity contribution in [3.05, 3.63) is 60.5 Å². The molecule has 0 amide bonds. The summed E-state index contributed by atoms with van der Waals surface area (Å²) >= 11 is 0. The number of carbonyl (C=O) groups is 1. The topological polar surface area (TPSA) is 61.5 Å². The largest absolute Gasteiger partial charge is 0.353 e. The predicted octanol–water partition coefficient (Wildman–Crippen LogP) is 6.62. The number of piperidine rings is 1. The van der Waals surface area contributed by atoms with Gasteiger partial charge in [-0.15, -0.1) is 0 Å². The molecule has 6 aliphatic rings. The molecule has 1 aliphatic carbocycles. The van der Waals surface area contributed by atoms with Gasteiger partial charge >= 0.3 is 0 Å². The summed E-state index contributed by atoms with van der Waals surface area (Å²) in [4.78, 5) is 27.3. The number of carbonyl (C=O) groups excluding carboxylic acids is 1. The van der Waals surface area contributed by atoms with Crippen LogP contribution in [0.5, 0.6) is 0 Å². The Labute approximate surface area is 248 Å². The van der Waals surface area contributed by atoms with E-state index in [0.29, 0.717) is 30.6 Å². The van der Waals surface area contributed by atoms with Crippen LogP contribution < -0.4 is 0 Å². The molecule has 3 aromatic rings. The number of Topliss-reactive ketones (excluding diaryl/α,β-unsaturated/α-hetero) is 1. The summed E-state index contributed by atoms with van der Waals surface area (Å²) in [7, 11) is 0. The molecule has 42 heavy (non-hydrogen) atoms. The normalized spacial score (nSPS) is 39.2. The Hall–Kier alpha value is -2.80. The maximum Gasteiger partial charge on any atom is 0.133 e. The number of pyridine rings is 1. The van der Waals surface area contributed by atoms with Crippen LogP contribution >= 0.6 is 0 Å². The van der Waals surface area contributed by atoms with Crippen LogP contribution in [0, 0.1) is 11.3 Å². The number of rotatable bonds is 1. The highest BCUT2D eigenvalue weighted by molar-refractivity contribution is 6.09. The first kappa shape index (κ1) is 25.7. The lowest BCUT2D eigenvalue weighted by atomic mass is 9.53. The summed E-state index contributed by atoms with van der Waals surface area (Å²) < 4.78 is 7.53. The monoisotopic (exact) mass is 562 g/mol. The van der Waals surface area contributed by atoms with E-state index in [1.807, 2.05) is 6.20 Å². The van der Waals surface area contributed by atoms with Gasteiger partial charge in [-0.25, -0.2) is 0 Å². The van der Waals surface area contributed by atoms with E-state index in [-0.39, 0.29) is 16.7 Å². The van der Waals surface area contributed by atoms with Crippen LogP contribution in [0.3, 0.4) is 0 Å². The Morgan fingerprint density at radius 2 is 1.88 bits per heavy atom. The number of aromatic amines is 1. The van der Waals surface area contributed by atoms with Crippen molar-refractivity contribution in [1.82, 2.24) is 19.8 Å². The van der Waals surface area contributed by atoms with Crippen LogP contribution in [0.1, 0.15) is 76.3 Å². The van der Waals surface area contributed by atoms with E-state index in [0.717, 1.165) is 69.4 Å². The average molecular weight is 563 g/mol. The number of ether oxygens (including phenoxy) is 1. The molecule has 6 nitrogen and oxygen atoms in total. The van der Waals surface area contributed by atoms with Crippen LogP contribution in [0.25, 0.3) is 27.4 Å². The molecule has 0 saturated carbocycles. The lowest BCUT2D eigenvalue weighted by Crippen LogP contribution is -2.65. The number of hydrogen-bond donors (Lipinski definition) is 1. The summed E-state index contributed by atoms with van der Waals surface area (Å²) in [6.45, 7) is 4.44. The average Bonchev–Trinajstić information content (AvgIpc) is 3.58. The van der Waals surface area contributed by atoms with Crippen LogP contribution in [0.15, 0.2) is 54.8 Å². The molecule has 1 N–H and O–H groups in total. The number of H-pyrrole nitrogens is 1. The second kappa shape index (κ2) is 9.35. The Morgan fingerprint density at radius 3 is 2.86 bits per heavy atom. The number of allylic oxidation sites excluding steroid dienone is 3. The standard InChI is InChI=1S/C36H42N4O2/c41-25-10-9-20-40-33-34-23-36(40,17-13-25)42-35(33)16-7-3-1-2-4-8-19-39(24-34)21-15-29(34)28(22-35)31-32-27(14-18-37-31)26-11-5-6-12-30(26)38-32/h1,3,5-6,11-12,14,18,22,29,33,38H,2,4,7-10,13,15-17,19-21,23-24H2/b3-1-/t29-,33?,34-,35-,36-/m0/s1. The van der Waals surface area contributed by atoms with Crippen molar-refractivity contribution in [3.63, 3.8) is 0 Å². The number of nitrogens with one attached hydrogen (secondary N) is 1. The highest BCUT2D eigenvalue weighted by Crippen LogP contribution is 2.70. The van der Waals surface area contributed by atoms with Gasteiger partial charge < -0.3 is 14.6 Å². The first-order valence-corrected chi connectivity index (χ1v) is 16.6. The first-order valence-electron chi connectivity index (χ1n) is 16.6. The molecule has 218 valence electrons. The molecule has 1 aromatic carbocycles. The molecule has 6 atom stereocenters. The maximum absolute atomic E-state index is 12.8. The number of ketones is 1. The lowest BCUT2D eigenvalue weighted by molar-refractivity contribution is -0.180. The van der Waals surface area contributed by atoms with E-state index < -0.39 is 0 Å². The van der Waals surface area contributed by atoms with Crippen molar-refractivity contribution < 1.29 is 9.53 Å². The van der Waals surface area contributed by atoms with Crippen molar-refractivity contribution in [2.45, 2.75) is 88.0 Å². The van der Waals surface area contributed by atoms with Crippen LogP contribution in [0.2, 0.25) is 0 Å². The van der Waals surface area contributed by atoms with Crippen molar-refractivity contribution in [3.8, 4) is 0 Å². The fourth-order valence-electron chi connectivity index (χ4n) is 10.5. The number of hydrogen-bond acceptors (Lipinski definition) is 5. The Morgan fingerprint density at radius 1 is 0.952 bits per heavy atom. The summed E-state index contributed by atoms with van der Waals surface area (Å²) in [6.07, 6.45) is 20.5. The van der Waals surface area contributed by atoms with Crippen LogP contribution in [-0.2, 0) is 9.53 Å². The minimum atomic E-state index is -0.366. The Balaban J connectivity index is 1.27.